The molecule has 8 nitrogen and oxygen atoms in total. The minimum Gasteiger partial charge on any atom is -0.486 e. The van der Waals surface area contributed by atoms with Crippen LogP contribution in [-0.2, 0) is 14.8 Å². The zero-order chi connectivity index (χ0) is 19.4. The molecule has 1 heterocycles. The lowest BCUT2D eigenvalue weighted by Crippen LogP contribution is -2.30. The van der Waals surface area contributed by atoms with Gasteiger partial charge in [0.25, 0.3) is 0 Å². The van der Waals surface area contributed by atoms with Crippen LogP contribution in [0, 0.1) is 0 Å². The molecule has 0 saturated carbocycles. The van der Waals surface area contributed by atoms with Crippen LogP contribution in [0.4, 0.5) is 5.69 Å². The first-order valence-corrected chi connectivity index (χ1v) is 9.93. The molecule has 1 aliphatic heterocycles. The Kier molecular flexibility index (Phi) is 5.64. The average molecular weight is 391 g/mol. The molecule has 0 fully saturated rings. The maximum atomic E-state index is 12.2. The lowest BCUT2D eigenvalue weighted by molar-refractivity contribution is -0.115. The van der Waals surface area contributed by atoms with Gasteiger partial charge in [0.05, 0.1) is 11.4 Å². The van der Waals surface area contributed by atoms with Gasteiger partial charge in [-0.2, -0.15) is 0 Å². The highest BCUT2D eigenvalue weighted by Crippen LogP contribution is 2.32. The smallest absolute Gasteiger partial charge is 0.238 e. The Hall–Kier alpha value is -2.62. The van der Waals surface area contributed by atoms with Crippen molar-refractivity contribution in [3.63, 3.8) is 0 Å². The summed E-state index contributed by atoms with van der Waals surface area (Å²) in [6.45, 7) is 2.96. The van der Waals surface area contributed by atoms with Gasteiger partial charge in [0.15, 0.2) is 11.5 Å². The molecule has 0 bridgehead atoms. The Morgan fingerprint density at radius 1 is 1.11 bits per heavy atom. The fraction of sp³-hybridized carbons (Fsp3) is 0.278. The second kappa shape index (κ2) is 7.95. The maximum Gasteiger partial charge on any atom is 0.238 e. The summed E-state index contributed by atoms with van der Waals surface area (Å²) in [6, 6.07) is 11.3. The number of hydrogen-bond acceptors (Lipinski definition) is 6. The normalized spacial score (nSPS) is 14.4. The largest absolute Gasteiger partial charge is 0.486 e. The zero-order valence-electron chi connectivity index (χ0n) is 14.8. The summed E-state index contributed by atoms with van der Waals surface area (Å²) in [7, 11) is -3.72. The second-order valence-electron chi connectivity index (χ2n) is 6.12. The van der Waals surface area contributed by atoms with Gasteiger partial charge in [-0.1, -0.05) is 12.1 Å². The Balaban J connectivity index is 1.54. The molecule has 2 aromatic rings. The highest BCUT2D eigenvalue weighted by molar-refractivity contribution is 7.89. The van der Waals surface area contributed by atoms with Gasteiger partial charge in [-0.15, -0.1) is 0 Å². The molecule has 0 aliphatic carbocycles. The molecule has 1 aliphatic rings. The topological polar surface area (TPSA) is 120 Å². The van der Waals surface area contributed by atoms with Crippen molar-refractivity contribution in [1.29, 1.82) is 0 Å². The molecular formula is C18H21N3O5S. The summed E-state index contributed by atoms with van der Waals surface area (Å²) in [5, 5.41) is 11.0. The molecule has 1 amide bonds. The van der Waals surface area contributed by atoms with E-state index < -0.39 is 10.0 Å². The van der Waals surface area contributed by atoms with E-state index in [9.17, 15) is 13.2 Å². The van der Waals surface area contributed by atoms with Crippen LogP contribution < -0.4 is 25.2 Å². The van der Waals surface area contributed by atoms with Crippen molar-refractivity contribution in [3.05, 3.63) is 48.0 Å². The van der Waals surface area contributed by atoms with Crippen molar-refractivity contribution < 1.29 is 22.7 Å². The van der Waals surface area contributed by atoms with E-state index in [1.165, 1.54) is 12.1 Å². The van der Waals surface area contributed by atoms with Crippen LogP contribution in [0.15, 0.2) is 47.4 Å². The van der Waals surface area contributed by atoms with Crippen molar-refractivity contribution in [2.24, 2.45) is 5.14 Å². The minimum absolute atomic E-state index is 0.0507. The molecule has 4 N–H and O–H groups in total. The number of carbonyl (C=O) groups is 1. The third-order valence-corrected chi connectivity index (χ3v) is 5.03. The van der Waals surface area contributed by atoms with Crippen LogP contribution in [0.2, 0.25) is 0 Å². The summed E-state index contributed by atoms with van der Waals surface area (Å²) in [6.07, 6.45) is 0. The minimum atomic E-state index is -3.72. The molecule has 0 radical (unpaired) electrons. The van der Waals surface area contributed by atoms with E-state index in [-0.39, 0.29) is 23.4 Å². The van der Waals surface area contributed by atoms with Gasteiger partial charge >= 0.3 is 0 Å². The molecule has 0 spiro atoms. The number of anilines is 1. The SMILES string of the molecule is CC(NCC(=O)Nc1ccc2c(c1)OCCO2)c1ccc(S(N)(=O)=O)cc1. The van der Waals surface area contributed by atoms with Gasteiger partial charge in [-0.25, -0.2) is 13.6 Å². The number of carbonyl (C=O) groups excluding carboxylic acids is 1. The lowest BCUT2D eigenvalue weighted by atomic mass is 10.1. The summed E-state index contributed by atoms with van der Waals surface area (Å²) >= 11 is 0. The number of rotatable bonds is 6. The first kappa shape index (κ1) is 19.2. The van der Waals surface area contributed by atoms with Gasteiger partial charge < -0.3 is 20.1 Å². The number of primary sulfonamides is 1. The first-order chi connectivity index (χ1) is 12.8. The lowest BCUT2D eigenvalue weighted by Gasteiger charge is -2.19. The second-order valence-corrected chi connectivity index (χ2v) is 7.68. The summed E-state index contributed by atoms with van der Waals surface area (Å²) in [5.41, 5.74) is 1.46. The van der Waals surface area contributed by atoms with Crippen molar-refractivity contribution in [2.75, 3.05) is 25.1 Å². The third-order valence-electron chi connectivity index (χ3n) is 4.10. The summed E-state index contributed by atoms with van der Waals surface area (Å²) in [5.74, 6) is 1.06. The zero-order valence-corrected chi connectivity index (χ0v) is 15.6. The molecule has 1 unspecified atom stereocenters. The van der Waals surface area contributed by atoms with E-state index in [1.54, 1.807) is 30.3 Å². The van der Waals surface area contributed by atoms with Crippen LogP contribution >= 0.6 is 0 Å². The van der Waals surface area contributed by atoms with Gasteiger partial charge in [0.1, 0.15) is 13.2 Å². The van der Waals surface area contributed by atoms with Crippen molar-refractivity contribution in [3.8, 4) is 11.5 Å². The molecular weight excluding hydrogens is 370 g/mol. The molecule has 2 aromatic carbocycles. The number of amides is 1. The fourth-order valence-corrected chi connectivity index (χ4v) is 3.15. The van der Waals surface area contributed by atoms with Crippen LogP contribution in [0.5, 0.6) is 11.5 Å². The predicted octanol–water partition coefficient (Wildman–Crippen LogP) is 1.39. The van der Waals surface area contributed by atoms with Gasteiger partial charge in [0, 0.05) is 17.8 Å². The molecule has 0 aromatic heterocycles. The molecule has 0 saturated heterocycles. The van der Waals surface area contributed by atoms with E-state index >= 15 is 0 Å². The van der Waals surface area contributed by atoms with E-state index in [1.807, 2.05) is 6.92 Å². The number of hydrogen-bond donors (Lipinski definition) is 3. The van der Waals surface area contributed by atoms with Crippen LogP contribution in [0.1, 0.15) is 18.5 Å². The van der Waals surface area contributed by atoms with Crippen molar-refractivity contribution in [2.45, 2.75) is 17.9 Å². The molecule has 27 heavy (non-hydrogen) atoms. The van der Waals surface area contributed by atoms with E-state index in [0.29, 0.717) is 30.4 Å². The van der Waals surface area contributed by atoms with Crippen LogP contribution in [0.25, 0.3) is 0 Å². The quantitative estimate of drug-likeness (QED) is 0.685. The van der Waals surface area contributed by atoms with Gasteiger partial charge in [-0.3, -0.25) is 4.79 Å². The Morgan fingerprint density at radius 2 is 1.78 bits per heavy atom. The number of nitrogens with two attached hydrogens (primary N) is 1. The fourth-order valence-electron chi connectivity index (χ4n) is 2.64. The Morgan fingerprint density at radius 3 is 2.44 bits per heavy atom. The molecule has 1 atom stereocenters. The number of sulfonamides is 1. The monoisotopic (exact) mass is 391 g/mol. The van der Waals surface area contributed by atoms with Crippen LogP contribution in [0.3, 0.4) is 0 Å². The van der Waals surface area contributed by atoms with Gasteiger partial charge in [0.2, 0.25) is 15.9 Å². The summed E-state index contributed by atoms with van der Waals surface area (Å²) < 4.78 is 33.5. The number of ether oxygens (including phenoxy) is 2. The first-order valence-electron chi connectivity index (χ1n) is 8.38. The van der Waals surface area contributed by atoms with Crippen molar-refractivity contribution in [1.82, 2.24) is 5.32 Å². The third kappa shape index (κ3) is 4.97. The Labute approximate surface area is 157 Å². The highest BCUT2D eigenvalue weighted by Gasteiger charge is 2.14. The molecule has 9 heteroatoms. The highest BCUT2D eigenvalue weighted by atomic mass is 32.2. The van der Waals surface area contributed by atoms with Gasteiger partial charge in [-0.05, 0) is 36.8 Å². The van der Waals surface area contributed by atoms with Crippen molar-refractivity contribution >= 4 is 21.6 Å². The average Bonchev–Trinajstić information content (AvgIpc) is 2.65. The Bertz CT molecular complexity index is 929. The number of benzene rings is 2. The summed E-state index contributed by atoms with van der Waals surface area (Å²) in [4.78, 5) is 12.2. The molecule has 3 rings (SSSR count). The predicted molar refractivity (Wildman–Crippen MR) is 100 cm³/mol. The number of fused-ring (bicyclic) bond motifs is 1. The van der Waals surface area contributed by atoms with E-state index in [2.05, 4.69) is 10.6 Å². The standard InChI is InChI=1S/C18H21N3O5S/c1-12(13-2-5-15(6-3-13)27(19,23)24)20-11-18(22)21-14-4-7-16-17(10-14)26-9-8-25-16/h2-7,10,12,20H,8-9,11H2,1H3,(H,21,22)(H2,19,23,24). The number of nitrogens with one attached hydrogen (secondary N) is 2. The molecule has 144 valence electrons. The van der Waals surface area contributed by atoms with E-state index in [4.69, 9.17) is 14.6 Å². The maximum absolute atomic E-state index is 12.2. The van der Waals surface area contributed by atoms with E-state index in [0.717, 1.165) is 5.56 Å². The van der Waals surface area contributed by atoms with Crippen LogP contribution in [-0.4, -0.2) is 34.1 Å².